The summed E-state index contributed by atoms with van der Waals surface area (Å²) in [7, 11) is 2.04. The van der Waals surface area contributed by atoms with Gasteiger partial charge in [-0.1, -0.05) is 12.1 Å². The molecule has 2 aliphatic heterocycles. The minimum absolute atomic E-state index is 0.00636. The molecule has 1 saturated carbocycles. The molecule has 2 saturated heterocycles. The van der Waals surface area contributed by atoms with Gasteiger partial charge in [-0.15, -0.1) is 0 Å². The van der Waals surface area contributed by atoms with E-state index in [9.17, 15) is 4.79 Å². The molecule has 3 N–H and O–H groups in total. The first-order chi connectivity index (χ1) is 17.1. The van der Waals surface area contributed by atoms with Gasteiger partial charge in [0.1, 0.15) is 17.8 Å². The summed E-state index contributed by atoms with van der Waals surface area (Å²) in [6, 6.07) is 10.7. The van der Waals surface area contributed by atoms with Crippen LogP contribution in [-0.4, -0.2) is 78.4 Å². The van der Waals surface area contributed by atoms with Crippen LogP contribution >= 0.6 is 0 Å². The van der Waals surface area contributed by atoms with Crippen molar-refractivity contribution < 1.29 is 9.53 Å². The molecule has 0 unspecified atom stereocenters. The number of carbonyl (C=O) groups excluding carboxylic acids is 1. The summed E-state index contributed by atoms with van der Waals surface area (Å²) in [5.74, 6) is 0.941. The third-order valence-corrected chi connectivity index (χ3v) is 8.04. The molecule has 9 nitrogen and oxygen atoms in total. The van der Waals surface area contributed by atoms with Crippen molar-refractivity contribution in [2.24, 2.45) is 5.41 Å². The molecule has 6 rings (SSSR count). The summed E-state index contributed by atoms with van der Waals surface area (Å²) in [6.45, 7) is 4.75. The highest BCUT2D eigenvalue weighted by atomic mass is 16.5. The van der Waals surface area contributed by atoms with Crippen molar-refractivity contribution in [1.82, 2.24) is 25.2 Å². The number of carbonyl (C=O) groups is 1. The normalized spacial score (nSPS) is 20.3. The zero-order chi connectivity index (χ0) is 23.8. The van der Waals surface area contributed by atoms with Gasteiger partial charge >= 0.3 is 6.03 Å². The van der Waals surface area contributed by atoms with Crippen molar-refractivity contribution in [2.75, 3.05) is 56.7 Å². The summed E-state index contributed by atoms with van der Waals surface area (Å²) in [5.41, 5.74) is 4.11. The first-order valence-corrected chi connectivity index (χ1v) is 12.6. The van der Waals surface area contributed by atoms with E-state index in [1.54, 1.807) is 6.33 Å². The second kappa shape index (κ2) is 9.13. The van der Waals surface area contributed by atoms with Crippen LogP contribution < -0.4 is 15.5 Å². The van der Waals surface area contributed by atoms with Gasteiger partial charge in [-0.3, -0.25) is 0 Å². The summed E-state index contributed by atoms with van der Waals surface area (Å²) in [6.07, 6.45) is 6.31. The molecule has 35 heavy (non-hydrogen) atoms. The number of anilines is 2. The molecule has 2 aromatic heterocycles. The van der Waals surface area contributed by atoms with E-state index in [1.165, 1.54) is 12.8 Å². The fourth-order valence-corrected chi connectivity index (χ4v) is 5.83. The number of H-pyrrole nitrogens is 1. The first-order valence-electron chi connectivity index (χ1n) is 12.6. The van der Waals surface area contributed by atoms with Crippen molar-refractivity contribution in [3.05, 3.63) is 36.7 Å². The number of hydrogen-bond donors (Lipinski definition) is 3. The van der Waals surface area contributed by atoms with Crippen LogP contribution in [0.5, 0.6) is 0 Å². The maximum absolute atomic E-state index is 12.8. The van der Waals surface area contributed by atoms with Gasteiger partial charge in [-0.25, -0.2) is 14.8 Å². The Morgan fingerprint density at radius 2 is 1.83 bits per heavy atom. The molecule has 3 aliphatic rings. The monoisotopic (exact) mass is 475 g/mol. The minimum Gasteiger partial charge on any atom is -0.378 e. The average molecular weight is 476 g/mol. The van der Waals surface area contributed by atoms with Gasteiger partial charge in [0.15, 0.2) is 0 Å². The van der Waals surface area contributed by atoms with Crippen molar-refractivity contribution in [3.8, 4) is 11.3 Å². The molecule has 1 spiro atoms. The van der Waals surface area contributed by atoms with Crippen LogP contribution in [0.1, 0.15) is 25.7 Å². The number of morpholine rings is 1. The highest BCUT2D eigenvalue weighted by Crippen LogP contribution is 2.49. The number of amides is 2. The number of ether oxygens (including phenoxy) is 1. The maximum atomic E-state index is 12.8. The number of piperidine rings is 1. The lowest BCUT2D eigenvalue weighted by atomic mass is 9.60. The van der Waals surface area contributed by atoms with Gasteiger partial charge in [0, 0.05) is 43.6 Å². The van der Waals surface area contributed by atoms with Gasteiger partial charge in [0.25, 0.3) is 0 Å². The fourth-order valence-electron chi connectivity index (χ4n) is 5.83. The Hall–Kier alpha value is -3.17. The second-order valence-electron chi connectivity index (χ2n) is 10.1. The van der Waals surface area contributed by atoms with Gasteiger partial charge in [0.05, 0.1) is 18.6 Å². The van der Waals surface area contributed by atoms with Crippen LogP contribution in [0.25, 0.3) is 22.3 Å². The molecule has 184 valence electrons. The number of aromatic amines is 1. The number of rotatable bonds is 4. The first kappa shape index (κ1) is 22.3. The second-order valence-corrected chi connectivity index (χ2v) is 10.1. The number of nitrogens with one attached hydrogen (secondary N) is 3. The van der Waals surface area contributed by atoms with Crippen LogP contribution in [0.2, 0.25) is 0 Å². The predicted octanol–water partition coefficient (Wildman–Crippen LogP) is 3.46. The molecule has 1 aromatic carbocycles. The molecule has 1 aliphatic carbocycles. The average Bonchev–Trinajstić information content (AvgIpc) is 3.33. The molecule has 9 heteroatoms. The topological polar surface area (TPSA) is 98.4 Å². The number of likely N-dealkylation sites (tertiary alicyclic amines) is 1. The highest BCUT2D eigenvalue weighted by Gasteiger charge is 2.45. The molecule has 2 amide bonds. The Labute approximate surface area is 205 Å². The Morgan fingerprint density at radius 1 is 1.09 bits per heavy atom. The van der Waals surface area contributed by atoms with Crippen molar-refractivity contribution in [3.63, 3.8) is 0 Å². The molecular formula is C26H33N7O2. The van der Waals surface area contributed by atoms with E-state index < -0.39 is 0 Å². The lowest BCUT2D eigenvalue weighted by molar-refractivity contribution is 0.0212. The number of fused-ring (bicyclic) bond motifs is 1. The standard InChI is InChI=1S/C26H33N7O2/c1-27-20-15-26(16-20)6-8-33(9-7-26)25(34)30-19-4-2-18(3-5-19)22-14-21-23(31-22)28-17-29-24(21)32-10-12-35-13-11-32/h2-5,14,17,20,27H,6-13,15-16H2,1H3,(H,30,34)(H,28,29,31). The van der Waals surface area contributed by atoms with E-state index >= 15 is 0 Å². The van der Waals surface area contributed by atoms with E-state index in [0.717, 1.165) is 72.8 Å². The summed E-state index contributed by atoms with van der Waals surface area (Å²) in [5, 5.41) is 7.46. The molecule has 3 aromatic rings. The Balaban J connectivity index is 1.11. The SMILES string of the molecule is CNC1CC2(CCN(C(=O)Nc3ccc(-c4cc5c(N6CCOCC6)ncnc5[nH]4)cc3)CC2)C1. The van der Waals surface area contributed by atoms with E-state index in [0.29, 0.717) is 24.7 Å². The third-order valence-electron chi connectivity index (χ3n) is 8.04. The predicted molar refractivity (Wildman–Crippen MR) is 137 cm³/mol. The summed E-state index contributed by atoms with van der Waals surface area (Å²) < 4.78 is 5.48. The van der Waals surface area contributed by atoms with Crippen LogP contribution in [0, 0.1) is 5.41 Å². The van der Waals surface area contributed by atoms with Crippen LogP contribution in [0.4, 0.5) is 16.3 Å². The van der Waals surface area contributed by atoms with Crippen LogP contribution in [0.15, 0.2) is 36.7 Å². The molecule has 0 atom stereocenters. The van der Waals surface area contributed by atoms with E-state index in [2.05, 4.69) is 36.6 Å². The quantitative estimate of drug-likeness (QED) is 0.535. The fraction of sp³-hybridized carbons (Fsp3) is 0.500. The maximum Gasteiger partial charge on any atom is 0.321 e. The Bertz CT molecular complexity index is 1190. The molecular weight excluding hydrogens is 442 g/mol. The highest BCUT2D eigenvalue weighted by molar-refractivity contribution is 5.93. The van der Waals surface area contributed by atoms with Crippen molar-refractivity contribution in [1.29, 1.82) is 0 Å². The zero-order valence-corrected chi connectivity index (χ0v) is 20.2. The number of benzene rings is 1. The van der Waals surface area contributed by atoms with Crippen molar-refractivity contribution >= 4 is 28.6 Å². The lowest BCUT2D eigenvalue weighted by Gasteiger charge is -2.52. The molecule has 0 bridgehead atoms. The molecule has 0 radical (unpaired) electrons. The van der Waals surface area contributed by atoms with Gasteiger partial charge < -0.3 is 30.2 Å². The molecule has 3 fully saturated rings. The lowest BCUT2D eigenvalue weighted by Crippen LogP contribution is -2.54. The van der Waals surface area contributed by atoms with E-state index in [-0.39, 0.29) is 6.03 Å². The Morgan fingerprint density at radius 3 is 2.54 bits per heavy atom. The number of urea groups is 1. The van der Waals surface area contributed by atoms with Gasteiger partial charge in [-0.05, 0) is 61.9 Å². The van der Waals surface area contributed by atoms with Crippen molar-refractivity contribution in [2.45, 2.75) is 31.7 Å². The van der Waals surface area contributed by atoms with Crippen LogP contribution in [0.3, 0.4) is 0 Å². The summed E-state index contributed by atoms with van der Waals surface area (Å²) in [4.78, 5) is 29.4. The number of aromatic nitrogens is 3. The number of nitrogens with zero attached hydrogens (tertiary/aromatic N) is 4. The van der Waals surface area contributed by atoms with Gasteiger partial charge in [0.2, 0.25) is 0 Å². The molecule has 4 heterocycles. The zero-order valence-electron chi connectivity index (χ0n) is 20.2. The minimum atomic E-state index is -0.00636. The third kappa shape index (κ3) is 4.34. The smallest absolute Gasteiger partial charge is 0.321 e. The summed E-state index contributed by atoms with van der Waals surface area (Å²) >= 11 is 0. The van der Waals surface area contributed by atoms with E-state index in [1.807, 2.05) is 36.2 Å². The van der Waals surface area contributed by atoms with E-state index in [4.69, 9.17) is 4.74 Å². The number of hydrogen-bond acceptors (Lipinski definition) is 6. The van der Waals surface area contributed by atoms with Gasteiger partial charge in [-0.2, -0.15) is 0 Å². The largest absolute Gasteiger partial charge is 0.378 e. The Kier molecular flexibility index (Phi) is 5.82. The van der Waals surface area contributed by atoms with Crippen LogP contribution in [-0.2, 0) is 4.74 Å².